The average molecular weight is 524 g/mol. The van der Waals surface area contributed by atoms with Crippen LogP contribution in [0.25, 0.3) is 0 Å². The third-order valence-corrected chi connectivity index (χ3v) is 10.3. The summed E-state index contributed by atoms with van der Waals surface area (Å²) in [6.45, 7) is 7.31. The van der Waals surface area contributed by atoms with Crippen molar-refractivity contribution in [2.45, 2.75) is 82.6 Å². The van der Waals surface area contributed by atoms with Crippen molar-refractivity contribution in [3.8, 4) is 0 Å². The molecule has 0 bridgehead atoms. The topological polar surface area (TPSA) is 130 Å². The zero-order chi connectivity index (χ0) is 27.7. The number of aliphatic hydroxyl groups is 3. The molecule has 0 amide bonds. The van der Waals surface area contributed by atoms with Crippen LogP contribution >= 0.6 is 0 Å². The maximum Gasteiger partial charge on any atom is 0.323 e. The van der Waals surface area contributed by atoms with Crippen molar-refractivity contribution in [3.63, 3.8) is 0 Å². The number of nitrogens with two attached hydrogens (primary N) is 1. The summed E-state index contributed by atoms with van der Waals surface area (Å²) < 4.78 is 6.27. The Labute approximate surface area is 224 Å². The highest BCUT2D eigenvalue weighted by molar-refractivity contribution is 6.04. The molecule has 5 rings (SSSR count). The Balaban J connectivity index is 1.39. The van der Waals surface area contributed by atoms with Gasteiger partial charge in [0, 0.05) is 29.6 Å². The SMILES string of the molecule is CC1=C[C@H]2[C@@]3(O)[C@H](C)C[C@]4(OC(=O)[C@@H](N)CCCc5ccccc5)[C@H]([C@@H]3C=C(CO)C[C@]2(O)C1=O)C4(C)C. The smallest absolute Gasteiger partial charge is 0.323 e. The Morgan fingerprint density at radius 3 is 2.53 bits per heavy atom. The molecule has 0 aromatic heterocycles. The van der Waals surface area contributed by atoms with Crippen molar-refractivity contribution in [3.05, 3.63) is 59.2 Å². The summed E-state index contributed by atoms with van der Waals surface area (Å²) in [7, 11) is 0. The number of rotatable bonds is 7. The minimum Gasteiger partial charge on any atom is -0.457 e. The van der Waals surface area contributed by atoms with Gasteiger partial charge in [0.15, 0.2) is 5.78 Å². The van der Waals surface area contributed by atoms with Gasteiger partial charge in [0.2, 0.25) is 0 Å². The van der Waals surface area contributed by atoms with E-state index in [0.717, 1.165) is 12.8 Å². The molecule has 0 radical (unpaired) electrons. The summed E-state index contributed by atoms with van der Waals surface area (Å²) in [5, 5.41) is 34.1. The van der Waals surface area contributed by atoms with Gasteiger partial charge in [-0.1, -0.05) is 63.3 Å². The van der Waals surface area contributed by atoms with Crippen LogP contribution in [0.1, 0.15) is 58.9 Å². The lowest BCUT2D eigenvalue weighted by Crippen LogP contribution is -2.61. The highest BCUT2D eigenvalue weighted by Gasteiger charge is 2.83. The zero-order valence-electron chi connectivity index (χ0n) is 22.8. The fraction of sp³-hybridized carbons (Fsp3) is 0.613. The fourth-order valence-corrected chi connectivity index (χ4v) is 8.14. The zero-order valence-corrected chi connectivity index (χ0v) is 22.8. The molecule has 2 fully saturated rings. The Hall–Kier alpha value is -2.32. The number of hydrogen-bond donors (Lipinski definition) is 4. The molecule has 7 nitrogen and oxygen atoms in total. The highest BCUT2D eigenvalue weighted by atomic mass is 16.6. The van der Waals surface area contributed by atoms with Gasteiger partial charge in [-0.2, -0.15) is 0 Å². The monoisotopic (exact) mass is 523 g/mol. The second-order valence-electron chi connectivity index (χ2n) is 12.8. The van der Waals surface area contributed by atoms with E-state index in [4.69, 9.17) is 10.5 Å². The van der Waals surface area contributed by atoms with Crippen LogP contribution in [0.2, 0.25) is 0 Å². The van der Waals surface area contributed by atoms with Crippen LogP contribution in [0.4, 0.5) is 0 Å². The molecule has 38 heavy (non-hydrogen) atoms. The molecule has 7 heteroatoms. The number of Topliss-reactive ketones (excluding diaryl/α,β-unsaturated/α-hetero) is 1. The van der Waals surface area contributed by atoms with Gasteiger partial charge in [-0.25, -0.2) is 0 Å². The first-order valence-corrected chi connectivity index (χ1v) is 13.8. The minimum atomic E-state index is -1.80. The number of fused-ring (bicyclic) bond motifs is 5. The lowest BCUT2D eigenvalue weighted by Gasteiger charge is -2.50. The van der Waals surface area contributed by atoms with E-state index in [2.05, 4.69) is 12.1 Å². The van der Waals surface area contributed by atoms with Gasteiger partial charge < -0.3 is 25.8 Å². The molecule has 206 valence electrons. The Morgan fingerprint density at radius 2 is 1.87 bits per heavy atom. The molecule has 8 atom stereocenters. The fourth-order valence-electron chi connectivity index (χ4n) is 8.14. The molecule has 0 heterocycles. The summed E-state index contributed by atoms with van der Waals surface area (Å²) in [4.78, 5) is 26.3. The third kappa shape index (κ3) is 3.77. The molecule has 4 aliphatic carbocycles. The van der Waals surface area contributed by atoms with E-state index < -0.39 is 57.8 Å². The predicted octanol–water partition coefficient (Wildman–Crippen LogP) is 2.86. The van der Waals surface area contributed by atoms with E-state index >= 15 is 0 Å². The van der Waals surface area contributed by atoms with Crippen molar-refractivity contribution in [1.29, 1.82) is 0 Å². The van der Waals surface area contributed by atoms with Crippen molar-refractivity contribution in [2.75, 3.05) is 6.61 Å². The second-order valence-corrected chi connectivity index (χ2v) is 12.8. The summed E-state index contributed by atoms with van der Waals surface area (Å²) >= 11 is 0. The summed E-state index contributed by atoms with van der Waals surface area (Å²) in [5.74, 6) is -2.80. The molecule has 1 aromatic carbocycles. The molecular weight excluding hydrogens is 482 g/mol. The van der Waals surface area contributed by atoms with Gasteiger partial charge in [0.25, 0.3) is 0 Å². The number of aryl methyl sites for hydroxylation is 1. The molecule has 1 aromatic rings. The number of aliphatic hydroxyl groups excluding tert-OH is 1. The quantitative estimate of drug-likeness (QED) is 0.319. The lowest BCUT2D eigenvalue weighted by molar-refractivity contribution is -0.187. The Bertz CT molecular complexity index is 1190. The van der Waals surface area contributed by atoms with E-state index in [0.29, 0.717) is 24.0 Å². The normalized spacial score (nSPS) is 39.6. The first-order chi connectivity index (χ1) is 17.8. The average Bonchev–Trinajstić information content (AvgIpc) is 3.28. The van der Waals surface area contributed by atoms with Crippen LogP contribution in [0.15, 0.2) is 53.6 Å². The lowest BCUT2D eigenvalue weighted by atomic mass is 9.60. The molecule has 0 saturated heterocycles. The first-order valence-electron chi connectivity index (χ1n) is 13.8. The number of ether oxygens (including phenoxy) is 1. The Kier molecular flexibility index (Phi) is 6.54. The van der Waals surface area contributed by atoms with Crippen molar-refractivity contribution in [2.24, 2.45) is 34.8 Å². The van der Waals surface area contributed by atoms with E-state index in [-0.39, 0.29) is 18.9 Å². The number of benzene rings is 1. The van der Waals surface area contributed by atoms with Gasteiger partial charge in [-0.15, -0.1) is 0 Å². The summed E-state index contributed by atoms with van der Waals surface area (Å²) in [5.41, 5.74) is 3.92. The maximum atomic E-state index is 13.3. The van der Waals surface area contributed by atoms with Gasteiger partial charge in [-0.3, -0.25) is 9.59 Å². The number of ketones is 1. The molecule has 4 aliphatic rings. The van der Waals surface area contributed by atoms with Crippen LogP contribution in [0.3, 0.4) is 0 Å². The highest BCUT2D eigenvalue weighted by Crippen LogP contribution is 2.76. The van der Waals surface area contributed by atoms with Crippen LogP contribution in [0.5, 0.6) is 0 Å². The number of carbonyl (C=O) groups excluding carboxylic acids is 2. The van der Waals surface area contributed by atoms with Crippen LogP contribution < -0.4 is 5.73 Å². The number of carbonyl (C=O) groups is 2. The number of hydrogen-bond acceptors (Lipinski definition) is 7. The summed E-state index contributed by atoms with van der Waals surface area (Å²) in [6, 6.07) is 9.33. The molecule has 5 N–H and O–H groups in total. The third-order valence-electron chi connectivity index (χ3n) is 10.3. The molecule has 0 spiro atoms. The van der Waals surface area contributed by atoms with Crippen LogP contribution in [0, 0.1) is 29.1 Å². The van der Waals surface area contributed by atoms with E-state index in [1.807, 2.05) is 45.0 Å². The van der Waals surface area contributed by atoms with Gasteiger partial charge in [0.05, 0.1) is 12.2 Å². The van der Waals surface area contributed by atoms with Crippen LogP contribution in [-0.2, 0) is 20.7 Å². The van der Waals surface area contributed by atoms with E-state index in [1.165, 1.54) is 5.56 Å². The summed E-state index contributed by atoms with van der Waals surface area (Å²) in [6.07, 6.45) is 6.02. The van der Waals surface area contributed by atoms with Gasteiger partial charge in [-0.05, 0) is 55.2 Å². The predicted molar refractivity (Wildman–Crippen MR) is 143 cm³/mol. The molecular formula is C31H41NO6. The molecule has 0 unspecified atom stereocenters. The van der Waals surface area contributed by atoms with Gasteiger partial charge in [0.1, 0.15) is 17.2 Å². The van der Waals surface area contributed by atoms with Gasteiger partial charge >= 0.3 is 5.97 Å². The van der Waals surface area contributed by atoms with Crippen LogP contribution in [-0.4, -0.2) is 56.5 Å². The van der Waals surface area contributed by atoms with E-state index in [1.54, 1.807) is 13.0 Å². The number of esters is 1. The largest absolute Gasteiger partial charge is 0.457 e. The Morgan fingerprint density at radius 1 is 1.18 bits per heavy atom. The maximum absolute atomic E-state index is 13.3. The molecule has 2 saturated carbocycles. The second kappa shape index (κ2) is 9.12. The van der Waals surface area contributed by atoms with E-state index in [9.17, 15) is 24.9 Å². The molecule has 0 aliphatic heterocycles. The minimum absolute atomic E-state index is 0.0292. The van der Waals surface area contributed by atoms with Crippen molar-refractivity contribution in [1.82, 2.24) is 0 Å². The standard InChI is InChI=1S/C31H41NO6/c1-18-13-24-29(36,26(18)34)16-21(17-33)14-22-25-28(3,4)30(25,15-19(2)31(22,24)37)38-27(35)23(32)12-8-11-20-9-6-5-7-10-20/h5-7,9-10,13-14,19,22-25,33,36-37H,8,11-12,15-17,32H2,1-4H3/t19-,22+,23+,24-,25-,29-,30+,31-/m1/s1. The first kappa shape index (κ1) is 27.3. The van der Waals surface area contributed by atoms with Crippen molar-refractivity contribution >= 4 is 11.8 Å². The van der Waals surface area contributed by atoms with Crippen molar-refractivity contribution < 1.29 is 29.6 Å².